The molecular weight excluding hydrogens is 434 g/mol. The van der Waals surface area contributed by atoms with Gasteiger partial charge >= 0.3 is 5.97 Å². The van der Waals surface area contributed by atoms with E-state index in [-0.39, 0.29) is 24.9 Å². The fourth-order valence-electron chi connectivity index (χ4n) is 3.42. The molecule has 0 atom stereocenters. The highest BCUT2D eigenvalue weighted by Gasteiger charge is 2.17. The molecule has 0 aliphatic carbocycles. The summed E-state index contributed by atoms with van der Waals surface area (Å²) in [6.45, 7) is 6.07. The lowest BCUT2D eigenvalue weighted by molar-refractivity contribution is -0.115. The number of aryl methyl sites for hydroxylation is 1. The second kappa shape index (κ2) is 9.92. The summed E-state index contributed by atoms with van der Waals surface area (Å²) in [7, 11) is 0. The summed E-state index contributed by atoms with van der Waals surface area (Å²) in [6, 6.07) is 17.0. The summed E-state index contributed by atoms with van der Waals surface area (Å²) in [4.78, 5) is 34.4. The Hall–Kier alpha value is -3.58. The first kappa shape index (κ1) is 22.6. The number of carbonyl (C=O) groups excluding carboxylic acids is 2. The molecule has 0 radical (unpaired) electrons. The largest absolute Gasteiger partial charge is 0.456 e. The van der Waals surface area contributed by atoms with E-state index < -0.39 is 5.97 Å². The van der Waals surface area contributed by atoms with Gasteiger partial charge in [-0.3, -0.25) is 9.78 Å². The van der Waals surface area contributed by atoms with Crippen LogP contribution in [0.1, 0.15) is 52.1 Å². The number of benzene rings is 2. The van der Waals surface area contributed by atoms with Crippen molar-refractivity contribution >= 4 is 39.8 Å². The quantitative estimate of drug-likeness (QED) is 0.361. The van der Waals surface area contributed by atoms with E-state index in [4.69, 9.17) is 4.74 Å². The standard InChI is InChI=1S/C26H25N3O3S/c1-16(2)23-12-20(19-9-5-7-11-22(19)28-23)26(31)32-14-18-15-33-25(27-18)13-24(30)29-21-10-6-4-8-17(21)3/h4-12,15-16H,13-14H2,1-3H3,(H,29,30). The van der Waals surface area contributed by atoms with Gasteiger partial charge in [0.25, 0.3) is 0 Å². The number of nitrogens with zero attached hydrogens (tertiary/aromatic N) is 2. The van der Waals surface area contributed by atoms with Crippen molar-refractivity contribution in [3.63, 3.8) is 0 Å². The molecule has 168 valence electrons. The predicted octanol–water partition coefficient (Wildman–Crippen LogP) is 5.66. The molecular formula is C26H25N3O3S. The first-order valence-corrected chi connectivity index (χ1v) is 11.6. The van der Waals surface area contributed by atoms with E-state index in [1.807, 2.05) is 74.7 Å². The Balaban J connectivity index is 1.41. The number of aromatic nitrogens is 2. The zero-order chi connectivity index (χ0) is 23.4. The third-order valence-corrected chi connectivity index (χ3v) is 6.13. The van der Waals surface area contributed by atoms with Gasteiger partial charge < -0.3 is 10.1 Å². The first-order chi connectivity index (χ1) is 15.9. The lowest BCUT2D eigenvalue weighted by Crippen LogP contribution is -2.15. The Bertz CT molecular complexity index is 1310. The molecule has 4 aromatic rings. The fraction of sp³-hybridized carbons (Fsp3) is 0.231. The van der Waals surface area contributed by atoms with Gasteiger partial charge in [-0.05, 0) is 36.6 Å². The molecule has 1 N–H and O–H groups in total. The highest BCUT2D eigenvalue weighted by atomic mass is 32.1. The van der Waals surface area contributed by atoms with Crippen LogP contribution in [0.2, 0.25) is 0 Å². The van der Waals surface area contributed by atoms with Gasteiger partial charge in [0.15, 0.2) is 0 Å². The molecule has 0 spiro atoms. The minimum atomic E-state index is -0.414. The van der Waals surface area contributed by atoms with Crippen LogP contribution in [0.25, 0.3) is 10.9 Å². The van der Waals surface area contributed by atoms with E-state index in [9.17, 15) is 9.59 Å². The van der Waals surface area contributed by atoms with E-state index in [1.165, 1.54) is 11.3 Å². The Morgan fingerprint density at radius 2 is 1.82 bits per heavy atom. The van der Waals surface area contributed by atoms with Gasteiger partial charge in [-0.25, -0.2) is 9.78 Å². The lowest BCUT2D eigenvalue weighted by atomic mass is 10.0. The van der Waals surface area contributed by atoms with Crippen molar-refractivity contribution < 1.29 is 14.3 Å². The Labute approximate surface area is 196 Å². The van der Waals surface area contributed by atoms with Crippen molar-refractivity contribution in [2.75, 3.05) is 5.32 Å². The topological polar surface area (TPSA) is 81.2 Å². The first-order valence-electron chi connectivity index (χ1n) is 10.8. The smallest absolute Gasteiger partial charge is 0.339 e. The number of hydrogen-bond donors (Lipinski definition) is 1. The van der Waals surface area contributed by atoms with Gasteiger partial charge in [-0.1, -0.05) is 50.2 Å². The number of thiazole rings is 1. The Morgan fingerprint density at radius 1 is 1.06 bits per heavy atom. The number of fused-ring (bicyclic) bond motifs is 1. The molecule has 6 nitrogen and oxygen atoms in total. The van der Waals surface area contributed by atoms with Crippen LogP contribution in [0, 0.1) is 6.92 Å². The van der Waals surface area contributed by atoms with Crippen LogP contribution in [0.3, 0.4) is 0 Å². The number of carbonyl (C=O) groups is 2. The van der Waals surface area contributed by atoms with Crippen LogP contribution in [0.15, 0.2) is 60.0 Å². The molecule has 0 unspecified atom stereocenters. The summed E-state index contributed by atoms with van der Waals surface area (Å²) < 4.78 is 5.56. The number of rotatable bonds is 7. The zero-order valence-corrected chi connectivity index (χ0v) is 19.6. The van der Waals surface area contributed by atoms with E-state index in [2.05, 4.69) is 15.3 Å². The minimum absolute atomic E-state index is 0.0441. The average molecular weight is 460 g/mol. The minimum Gasteiger partial charge on any atom is -0.456 e. The molecule has 4 rings (SSSR count). The molecule has 0 fully saturated rings. The molecule has 0 bridgehead atoms. The maximum absolute atomic E-state index is 12.9. The molecule has 0 aliphatic heterocycles. The second-order valence-corrected chi connectivity index (χ2v) is 9.06. The van der Waals surface area contributed by atoms with Crippen molar-refractivity contribution in [2.24, 2.45) is 0 Å². The Kier molecular flexibility index (Phi) is 6.79. The zero-order valence-electron chi connectivity index (χ0n) is 18.8. The predicted molar refractivity (Wildman–Crippen MR) is 131 cm³/mol. The number of hydrogen-bond acceptors (Lipinski definition) is 6. The second-order valence-electron chi connectivity index (χ2n) is 8.12. The molecule has 0 saturated carbocycles. The summed E-state index contributed by atoms with van der Waals surface area (Å²) >= 11 is 1.38. The van der Waals surface area contributed by atoms with Gasteiger partial charge in [0.05, 0.1) is 23.2 Å². The van der Waals surface area contributed by atoms with E-state index in [0.717, 1.165) is 27.8 Å². The van der Waals surface area contributed by atoms with E-state index in [1.54, 1.807) is 6.07 Å². The van der Waals surface area contributed by atoms with E-state index in [0.29, 0.717) is 16.3 Å². The van der Waals surface area contributed by atoms with Crippen LogP contribution >= 0.6 is 11.3 Å². The fourth-order valence-corrected chi connectivity index (χ4v) is 4.20. The van der Waals surface area contributed by atoms with Crippen molar-refractivity contribution in [2.45, 2.75) is 39.7 Å². The summed E-state index contributed by atoms with van der Waals surface area (Å²) in [5.41, 5.74) is 4.52. The van der Waals surface area contributed by atoms with Gasteiger partial charge in [-0.2, -0.15) is 0 Å². The maximum atomic E-state index is 12.9. The molecule has 1 amide bonds. The molecule has 0 saturated heterocycles. The number of nitrogens with one attached hydrogen (secondary N) is 1. The van der Waals surface area contributed by atoms with Crippen LogP contribution in [0.4, 0.5) is 5.69 Å². The third kappa shape index (κ3) is 5.43. The van der Waals surface area contributed by atoms with Gasteiger partial charge in [0, 0.05) is 22.1 Å². The molecule has 7 heteroatoms. The maximum Gasteiger partial charge on any atom is 0.339 e. The molecule has 2 aromatic heterocycles. The van der Waals surface area contributed by atoms with Crippen molar-refractivity contribution in [1.82, 2.24) is 9.97 Å². The molecule has 0 aliphatic rings. The van der Waals surface area contributed by atoms with Gasteiger partial charge in [0.2, 0.25) is 5.91 Å². The third-order valence-electron chi connectivity index (χ3n) is 5.23. The van der Waals surface area contributed by atoms with Crippen molar-refractivity contribution in [1.29, 1.82) is 0 Å². The van der Waals surface area contributed by atoms with Crippen LogP contribution in [-0.4, -0.2) is 21.8 Å². The molecule has 2 aromatic carbocycles. The Morgan fingerprint density at radius 3 is 2.61 bits per heavy atom. The normalized spacial score (nSPS) is 11.0. The average Bonchev–Trinajstić information content (AvgIpc) is 3.25. The number of esters is 1. The highest BCUT2D eigenvalue weighted by molar-refractivity contribution is 7.09. The number of amides is 1. The van der Waals surface area contributed by atoms with Gasteiger partial charge in [0.1, 0.15) is 11.6 Å². The monoisotopic (exact) mass is 459 g/mol. The van der Waals surface area contributed by atoms with Crippen molar-refractivity contribution in [3.8, 4) is 0 Å². The van der Waals surface area contributed by atoms with Crippen LogP contribution < -0.4 is 5.32 Å². The number of anilines is 1. The summed E-state index contributed by atoms with van der Waals surface area (Å²) in [5, 5.41) is 6.15. The lowest BCUT2D eigenvalue weighted by Gasteiger charge is -2.11. The molecule has 33 heavy (non-hydrogen) atoms. The summed E-state index contributed by atoms with van der Waals surface area (Å²) in [6.07, 6.45) is 0.166. The molecule has 2 heterocycles. The summed E-state index contributed by atoms with van der Waals surface area (Å²) in [5.74, 6) is -0.359. The van der Waals surface area contributed by atoms with E-state index >= 15 is 0 Å². The number of para-hydroxylation sites is 2. The highest BCUT2D eigenvalue weighted by Crippen LogP contribution is 2.24. The number of ether oxygens (including phenoxy) is 1. The van der Waals surface area contributed by atoms with Crippen LogP contribution in [-0.2, 0) is 22.6 Å². The SMILES string of the molecule is Cc1ccccc1NC(=O)Cc1nc(COC(=O)c2cc(C(C)C)nc3ccccc23)cs1. The number of pyridine rings is 1. The van der Waals surface area contributed by atoms with Crippen LogP contribution in [0.5, 0.6) is 0 Å². The van der Waals surface area contributed by atoms with Gasteiger partial charge in [-0.15, -0.1) is 11.3 Å². The van der Waals surface area contributed by atoms with Crippen molar-refractivity contribution in [3.05, 3.63) is 87.5 Å².